The Morgan fingerprint density at radius 2 is 1.29 bits per heavy atom. The number of hydrogen-bond acceptors (Lipinski definition) is 0. The SMILES string of the molecule is [CH2]CCCCCC/C=C\C/C=C/CCCCC. The van der Waals surface area contributed by atoms with Gasteiger partial charge in [-0.15, -0.1) is 0 Å². The van der Waals surface area contributed by atoms with Crippen LogP contribution >= 0.6 is 0 Å². The van der Waals surface area contributed by atoms with Crippen molar-refractivity contribution in [2.45, 2.75) is 77.6 Å². The van der Waals surface area contributed by atoms with Crippen LogP contribution in [0.1, 0.15) is 77.6 Å². The van der Waals surface area contributed by atoms with Gasteiger partial charge in [0.2, 0.25) is 0 Å². The van der Waals surface area contributed by atoms with E-state index in [9.17, 15) is 0 Å². The minimum Gasteiger partial charge on any atom is -0.0882 e. The third-order valence-corrected chi connectivity index (χ3v) is 2.95. The van der Waals surface area contributed by atoms with E-state index in [0.29, 0.717) is 0 Å². The molecule has 17 heavy (non-hydrogen) atoms. The first kappa shape index (κ1) is 16.5. The molecule has 0 N–H and O–H groups in total. The van der Waals surface area contributed by atoms with Gasteiger partial charge in [-0.3, -0.25) is 0 Å². The second kappa shape index (κ2) is 15.5. The normalized spacial score (nSPS) is 11.9. The highest BCUT2D eigenvalue weighted by atomic mass is 13.9. The number of hydrogen-bond donors (Lipinski definition) is 0. The molecule has 0 amide bonds. The molecular weight excluding hydrogens is 204 g/mol. The third-order valence-electron chi connectivity index (χ3n) is 2.95. The van der Waals surface area contributed by atoms with Crippen molar-refractivity contribution in [1.82, 2.24) is 0 Å². The molecule has 0 atom stereocenters. The molecule has 1 radical (unpaired) electrons. The Balaban J connectivity index is 3.13. The predicted octanol–water partition coefficient (Wildman–Crippen LogP) is 6.24. The molecule has 0 saturated heterocycles. The van der Waals surface area contributed by atoms with Crippen LogP contribution in [0.5, 0.6) is 0 Å². The van der Waals surface area contributed by atoms with Gasteiger partial charge in [0.1, 0.15) is 0 Å². The summed E-state index contributed by atoms with van der Waals surface area (Å²) in [5, 5.41) is 0. The van der Waals surface area contributed by atoms with Gasteiger partial charge in [0.05, 0.1) is 0 Å². The number of allylic oxidation sites excluding steroid dienone is 4. The van der Waals surface area contributed by atoms with Crippen LogP contribution in [0.25, 0.3) is 0 Å². The Bertz CT molecular complexity index is 176. The van der Waals surface area contributed by atoms with E-state index in [2.05, 4.69) is 38.2 Å². The van der Waals surface area contributed by atoms with E-state index < -0.39 is 0 Å². The molecule has 0 aliphatic carbocycles. The minimum absolute atomic E-state index is 1.10. The molecule has 0 heteroatoms. The van der Waals surface area contributed by atoms with Crippen LogP contribution in [0.3, 0.4) is 0 Å². The molecule has 0 unspecified atom stereocenters. The second-order valence-electron chi connectivity index (χ2n) is 4.73. The molecule has 0 aliphatic rings. The summed E-state index contributed by atoms with van der Waals surface area (Å²) in [7, 11) is 0. The fourth-order valence-corrected chi connectivity index (χ4v) is 1.81. The van der Waals surface area contributed by atoms with Crippen LogP contribution in [-0.2, 0) is 0 Å². The first-order valence-corrected chi connectivity index (χ1v) is 7.51. The average molecular weight is 235 g/mol. The van der Waals surface area contributed by atoms with Crippen molar-refractivity contribution < 1.29 is 0 Å². The highest BCUT2D eigenvalue weighted by Crippen LogP contribution is 2.05. The average Bonchev–Trinajstić information content (AvgIpc) is 2.35. The maximum absolute atomic E-state index is 3.86. The summed E-state index contributed by atoms with van der Waals surface area (Å²) in [6, 6.07) is 0. The van der Waals surface area contributed by atoms with Crippen molar-refractivity contribution >= 4 is 0 Å². The molecule has 0 bridgehead atoms. The molecular formula is C17H31. The molecule has 0 saturated carbocycles. The summed E-state index contributed by atoms with van der Waals surface area (Å²) in [5.74, 6) is 0. The zero-order valence-electron chi connectivity index (χ0n) is 11.8. The highest BCUT2D eigenvalue weighted by Gasteiger charge is 1.86. The first-order valence-electron chi connectivity index (χ1n) is 7.51. The van der Waals surface area contributed by atoms with Gasteiger partial charge < -0.3 is 0 Å². The van der Waals surface area contributed by atoms with Crippen LogP contribution in [0, 0.1) is 6.92 Å². The second-order valence-corrected chi connectivity index (χ2v) is 4.73. The van der Waals surface area contributed by atoms with Crippen molar-refractivity contribution in [3.63, 3.8) is 0 Å². The maximum Gasteiger partial charge on any atom is -0.0169 e. The lowest BCUT2D eigenvalue weighted by Gasteiger charge is -1.95. The topological polar surface area (TPSA) is 0 Å². The van der Waals surface area contributed by atoms with Crippen LogP contribution in [-0.4, -0.2) is 0 Å². The summed E-state index contributed by atoms with van der Waals surface area (Å²) in [5.41, 5.74) is 0. The zero-order chi connectivity index (χ0) is 12.6. The fourth-order valence-electron chi connectivity index (χ4n) is 1.81. The number of unbranched alkanes of at least 4 members (excludes halogenated alkanes) is 8. The highest BCUT2D eigenvalue weighted by molar-refractivity contribution is 4.92. The molecule has 0 nitrogen and oxygen atoms in total. The summed E-state index contributed by atoms with van der Waals surface area (Å²) in [6.07, 6.45) is 23.4. The summed E-state index contributed by atoms with van der Waals surface area (Å²) >= 11 is 0. The van der Waals surface area contributed by atoms with E-state index in [-0.39, 0.29) is 0 Å². The minimum atomic E-state index is 1.10. The van der Waals surface area contributed by atoms with Gasteiger partial charge in [0.25, 0.3) is 0 Å². The molecule has 99 valence electrons. The maximum atomic E-state index is 3.86. The molecule has 0 aromatic carbocycles. The first-order chi connectivity index (χ1) is 8.41. The van der Waals surface area contributed by atoms with Crippen LogP contribution in [0.2, 0.25) is 0 Å². The van der Waals surface area contributed by atoms with Gasteiger partial charge >= 0.3 is 0 Å². The molecule has 0 aromatic rings. The Hall–Kier alpha value is -0.520. The van der Waals surface area contributed by atoms with E-state index >= 15 is 0 Å². The van der Waals surface area contributed by atoms with Crippen molar-refractivity contribution in [3.05, 3.63) is 31.2 Å². The van der Waals surface area contributed by atoms with Crippen molar-refractivity contribution in [2.75, 3.05) is 0 Å². The quantitative estimate of drug-likeness (QED) is 0.277. The third kappa shape index (κ3) is 15.5. The van der Waals surface area contributed by atoms with Crippen LogP contribution in [0.15, 0.2) is 24.3 Å². The Kier molecular flexibility index (Phi) is 15.0. The number of rotatable bonds is 12. The standard InChI is InChI=1S/C17H31/c1-3-5-7-9-11-13-15-17-16-14-12-10-8-6-4-2/h12,14-15,17H,1,3-11,13,16H2,2H3/b14-12+,17-15-. The smallest absolute Gasteiger partial charge is 0.0169 e. The van der Waals surface area contributed by atoms with Gasteiger partial charge in [-0.2, -0.15) is 0 Å². The molecule has 0 spiro atoms. The van der Waals surface area contributed by atoms with Gasteiger partial charge in [-0.1, -0.05) is 76.7 Å². The van der Waals surface area contributed by atoms with Gasteiger partial charge in [0, 0.05) is 0 Å². The lowest BCUT2D eigenvalue weighted by Crippen LogP contribution is -1.75. The Morgan fingerprint density at radius 3 is 1.88 bits per heavy atom. The monoisotopic (exact) mass is 235 g/mol. The largest absolute Gasteiger partial charge is 0.0882 e. The lowest BCUT2D eigenvalue weighted by molar-refractivity contribution is 0.651. The summed E-state index contributed by atoms with van der Waals surface area (Å²) in [6.45, 7) is 6.11. The molecule has 0 heterocycles. The molecule has 0 rings (SSSR count). The summed E-state index contributed by atoms with van der Waals surface area (Å²) in [4.78, 5) is 0. The lowest BCUT2D eigenvalue weighted by atomic mass is 10.1. The Morgan fingerprint density at radius 1 is 0.706 bits per heavy atom. The van der Waals surface area contributed by atoms with Crippen molar-refractivity contribution in [3.8, 4) is 0 Å². The molecule has 0 aromatic heterocycles. The van der Waals surface area contributed by atoms with E-state index in [1.54, 1.807) is 0 Å². The van der Waals surface area contributed by atoms with Gasteiger partial charge in [0.15, 0.2) is 0 Å². The predicted molar refractivity (Wildman–Crippen MR) is 80.1 cm³/mol. The van der Waals surface area contributed by atoms with E-state index in [0.717, 1.165) is 12.8 Å². The molecule has 0 fully saturated rings. The van der Waals surface area contributed by atoms with E-state index in [1.165, 1.54) is 57.8 Å². The van der Waals surface area contributed by atoms with Gasteiger partial charge in [-0.05, 0) is 32.1 Å². The van der Waals surface area contributed by atoms with Crippen molar-refractivity contribution in [1.29, 1.82) is 0 Å². The van der Waals surface area contributed by atoms with Crippen LogP contribution in [0.4, 0.5) is 0 Å². The van der Waals surface area contributed by atoms with E-state index in [1.807, 2.05) is 0 Å². The van der Waals surface area contributed by atoms with E-state index in [4.69, 9.17) is 0 Å². The van der Waals surface area contributed by atoms with Gasteiger partial charge in [-0.25, -0.2) is 0 Å². The Labute approximate surface area is 109 Å². The zero-order valence-corrected chi connectivity index (χ0v) is 11.8. The van der Waals surface area contributed by atoms with Crippen molar-refractivity contribution in [2.24, 2.45) is 0 Å². The summed E-state index contributed by atoms with van der Waals surface area (Å²) < 4.78 is 0. The van der Waals surface area contributed by atoms with Crippen LogP contribution < -0.4 is 0 Å². The fraction of sp³-hybridized carbons (Fsp3) is 0.706. The molecule has 0 aliphatic heterocycles.